The highest BCUT2D eigenvalue weighted by atomic mass is 19.1. The van der Waals surface area contributed by atoms with Crippen molar-refractivity contribution in [2.45, 2.75) is 39.0 Å². The van der Waals surface area contributed by atoms with E-state index in [0.717, 1.165) is 41.7 Å². The second-order valence-corrected chi connectivity index (χ2v) is 9.37. The molecule has 0 spiro atoms. The quantitative estimate of drug-likeness (QED) is 0.357. The van der Waals surface area contributed by atoms with Gasteiger partial charge < -0.3 is 26.4 Å². The van der Waals surface area contributed by atoms with Crippen molar-refractivity contribution in [3.63, 3.8) is 0 Å². The predicted octanol–water partition coefficient (Wildman–Crippen LogP) is 3.92. The number of carbonyl (C=O) groups excluding carboxylic acids is 2. The fourth-order valence-electron chi connectivity index (χ4n) is 4.26. The Morgan fingerprint density at radius 3 is 2.33 bits per heavy atom. The molecule has 10 heteroatoms. The molecule has 208 valence electrons. The lowest BCUT2D eigenvalue weighted by Crippen LogP contribution is -2.42. The van der Waals surface area contributed by atoms with Crippen LogP contribution in [-0.4, -0.2) is 48.5 Å². The summed E-state index contributed by atoms with van der Waals surface area (Å²) in [6.07, 6.45) is 4.85. The summed E-state index contributed by atoms with van der Waals surface area (Å²) in [6.45, 7) is 3.73. The van der Waals surface area contributed by atoms with E-state index in [2.05, 4.69) is 27.4 Å². The van der Waals surface area contributed by atoms with Gasteiger partial charge in [0.25, 0.3) is 0 Å². The summed E-state index contributed by atoms with van der Waals surface area (Å²) in [7, 11) is 1.66. The van der Waals surface area contributed by atoms with E-state index in [1.54, 1.807) is 12.0 Å². The summed E-state index contributed by atoms with van der Waals surface area (Å²) in [5.41, 5.74) is 13.9. The largest absolute Gasteiger partial charge is 0.497 e. The average Bonchev–Trinajstić information content (AvgIpc) is 2.96. The molecule has 0 bridgehead atoms. The number of piperidine rings is 1. The normalized spacial score (nSPS) is 14.6. The summed E-state index contributed by atoms with van der Waals surface area (Å²) >= 11 is 0. The highest BCUT2D eigenvalue weighted by Gasteiger charge is 2.27. The Hall–Kier alpha value is -4.21. The number of rotatable bonds is 10. The number of hydrogen-bond acceptors (Lipinski definition) is 7. The highest BCUT2D eigenvalue weighted by Crippen LogP contribution is 2.26. The molecule has 0 aliphatic carbocycles. The first kappa shape index (κ1) is 29.3. The number of hydrogen-bond donors (Lipinski definition) is 3. The zero-order valence-electron chi connectivity index (χ0n) is 22.5. The highest BCUT2D eigenvalue weighted by molar-refractivity contribution is 5.77. The number of nitrogens with two attached hydrogens (primary N) is 2. The van der Waals surface area contributed by atoms with Crippen LogP contribution >= 0.6 is 0 Å². The molecule has 9 nitrogen and oxygen atoms in total. The molecule has 39 heavy (non-hydrogen) atoms. The van der Waals surface area contributed by atoms with Gasteiger partial charge in [-0.2, -0.15) is 4.39 Å². The number of nitrogens with zero attached hydrogens (tertiary/aromatic N) is 3. The number of halogens is 1. The number of ether oxygens (including phenoxy) is 1. The van der Waals surface area contributed by atoms with Crippen molar-refractivity contribution < 1.29 is 18.7 Å². The fourth-order valence-corrected chi connectivity index (χ4v) is 4.26. The van der Waals surface area contributed by atoms with Crippen LogP contribution in [0.25, 0.3) is 11.1 Å². The molecule has 1 saturated heterocycles. The lowest BCUT2D eigenvalue weighted by atomic mass is 9.97. The third-order valence-electron chi connectivity index (χ3n) is 6.47. The summed E-state index contributed by atoms with van der Waals surface area (Å²) < 4.78 is 19.5. The van der Waals surface area contributed by atoms with Gasteiger partial charge in [0.1, 0.15) is 12.1 Å². The van der Waals surface area contributed by atoms with Gasteiger partial charge in [0.2, 0.25) is 17.6 Å². The first-order chi connectivity index (χ1) is 18.8. The number of aromatic nitrogens is 2. The summed E-state index contributed by atoms with van der Waals surface area (Å²) in [5, 5.41) is 2.93. The van der Waals surface area contributed by atoms with Gasteiger partial charge >= 0.3 is 0 Å². The molecule has 1 aliphatic rings. The number of carbonyl (C=O) groups is 2. The molecule has 2 aromatic carbocycles. The molecule has 2 amide bonds. The number of amides is 2. The smallest absolute Gasteiger partial charge is 0.222 e. The third-order valence-corrected chi connectivity index (χ3v) is 6.47. The topological polar surface area (TPSA) is 136 Å². The van der Waals surface area contributed by atoms with Crippen LogP contribution in [0.4, 0.5) is 16.0 Å². The van der Waals surface area contributed by atoms with Gasteiger partial charge in [-0.1, -0.05) is 43.3 Å². The van der Waals surface area contributed by atoms with Crippen molar-refractivity contribution in [2.75, 3.05) is 37.0 Å². The maximum absolute atomic E-state index is 14.4. The minimum absolute atomic E-state index is 0.207. The van der Waals surface area contributed by atoms with E-state index in [-0.39, 0.29) is 29.4 Å². The maximum atomic E-state index is 14.4. The van der Waals surface area contributed by atoms with Crippen LogP contribution < -0.4 is 26.4 Å². The van der Waals surface area contributed by atoms with Gasteiger partial charge in [-0.15, -0.1) is 0 Å². The molecule has 1 fully saturated rings. The van der Waals surface area contributed by atoms with Crippen molar-refractivity contribution in [3.8, 4) is 16.9 Å². The predicted molar refractivity (Wildman–Crippen MR) is 151 cm³/mol. The van der Waals surface area contributed by atoms with Crippen LogP contribution in [0.1, 0.15) is 38.2 Å². The molecule has 4 rings (SSSR count). The third kappa shape index (κ3) is 8.66. The lowest BCUT2D eigenvalue weighted by Gasteiger charge is -2.32. The van der Waals surface area contributed by atoms with Gasteiger partial charge in [0, 0.05) is 26.1 Å². The van der Waals surface area contributed by atoms with Crippen molar-refractivity contribution in [3.05, 3.63) is 66.2 Å². The van der Waals surface area contributed by atoms with Crippen molar-refractivity contribution >= 4 is 23.5 Å². The summed E-state index contributed by atoms with van der Waals surface area (Å²) in [4.78, 5) is 31.7. The zero-order valence-corrected chi connectivity index (χ0v) is 22.5. The van der Waals surface area contributed by atoms with Crippen LogP contribution in [0, 0.1) is 11.7 Å². The van der Waals surface area contributed by atoms with Gasteiger partial charge in [0.05, 0.1) is 13.0 Å². The molecule has 1 atom stereocenters. The van der Waals surface area contributed by atoms with E-state index in [1.165, 1.54) is 6.33 Å². The Labute approximate surface area is 228 Å². The molecule has 3 aromatic rings. The second kappa shape index (κ2) is 14.7. The van der Waals surface area contributed by atoms with Crippen LogP contribution in [0.15, 0.2) is 54.9 Å². The van der Waals surface area contributed by atoms with E-state index in [4.69, 9.17) is 16.2 Å². The van der Waals surface area contributed by atoms with Crippen LogP contribution in [-0.2, 0) is 16.0 Å². The van der Waals surface area contributed by atoms with E-state index in [0.29, 0.717) is 32.5 Å². The van der Waals surface area contributed by atoms with Crippen molar-refractivity contribution in [1.29, 1.82) is 0 Å². The minimum atomic E-state index is -0.467. The molecule has 2 heterocycles. The van der Waals surface area contributed by atoms with Crippen LogP contribution in [0.2, 0.25) is 0 Å². The Morgan fingerprint density at radius 2 is 1.74 bits per heavy atom. The van der Waals surface area contributed by atoms with E-state index in [1.807, 2.05) is 43.3 Å². The van der Waals surface area contributed by atoms with Crippen LogP contribution in [0.5, 0.6) is 5.75 Å². The van der Waals surface area contributed by atoms with Gasteiger partial charge in [-0.3, -0.25) is 9.59 Å². The zero-order chi connectivity index (χ0) is 28.2. The van der Waals surface area contributed by atoms with Gasteiger partial charge in [-0.05, 0) is 54.5 Å². The van der Waals surface area contributed by atoms with E-state index < -0.39 is 5.82 Å². The second-order valence-electron chi connectivity index (χ2n) is 9.37. The number of primary amides is 2. The van der Waals surface area contributed by atoms with Crippen molar-refractivity contribution in [1.82, 2.24) is 9.97 Å². The molecular weight excluding hydrogens is 499 g/mol. The molecule has 0 saturated carbocycles. The minimum Gasteiger partial charge on any atom is -0.497 e. The molecule has 1 unspecified atom stereocenters. The number of anilines is 2. The lowest BCUT2D eigenvalue weighted by molar-refractivity contribution is -0.122. The van der Waals surface area contributed by atoms with Crippen LogP contribution in [0.3, 0.4) is 0 Å². The maximum Gasteiger partial charge on any atom is 0.222 e. The Balaban J connectivity index is 0.000000216. The number of benzene rings is 2. The first-order valence-corrected chi connectivity index (χ1v) is 13.1. The average molecular weight is 537 g/mol. The Bertz CT molecular complexity index is 1220. The Morgan fingerprint density at radius 1 is 1.08 bits per heavy atom. The monoisotopic (exact) mass is 536 g/mol. The van der Waals surface area contributed by atoms with Gasteiger partial charge in [-0.25, -0.2) is 9.97 Å². The number of aryl methyl sites for hydroxylation is 1. The van der Waals surface area contributed by atoms with E-state index >= 15 is 0 Å². The molecule has 1 aliphatic heterocycles. The molecular formula is C29H37FN6O3. The van der Waals surface area contributed by atoms with Crippen molar-refractivity contribution in [2.24, 2.45) is 17.4 Å². The molecule has 0 radical (unpaired) electrons. The Kier molecular flexibility index (Phi) is 11.0. The summed E-state index contributed by atoms with van der Waals surface area (Å²) in [6, 6.07) is 16.1. The molecule has 5 N–H and O–H groups in total. The summed E-state index contributed by atoms with van der Waals surface area (Å²) in [5.74, 6) is -0.0200. The van der Waals surface area contributed by atoms with E-state index in [9.17, 15) is 14.0 Å². The van der Waals surface area contributed by atoms with Gasteiger partial charge in [0.15, 0.2) is 11.6 Å². The standard InChI is InChI=1S/C16H17NO2.C13H20FN5O/c1-19-15-9-7-14(8-10-15)13-5-2-12(3-6-13)4-11-16(17)18;1-2-5-16-12-10(14)13(18-8-17-12)19-6-3-4-9(7-19)11(15)20/h2-3,5-10H,4,11H2,1H3,(H2,17,18);8-9H,2-7H2,1H3,(H2,15,20)(H,16,17,18). The first-order valence-electron chi connectivity index (χ1n) is 13.1. The SMILES string of the molecule is CCCNc1ncnc(N2CCCC(C(N)=O)C2)c1F.COc1ccc(-c2ccc(CCC(N)=O)cc2)cc1. The fraction of sp³-hybridized carbons (Fsp3) is 0.379. The number of methoxy groups -OCH3 is 1. The molecule has 1 aromatic heterocycles. The number of nitrogens with one attached hydrogen (secondary N) is 1.